The fourth-order valence-electron chi connectivity index (χ4n) is 3.84. The summed E-state index contributed by atoms with van der Waals surface area (Å²) in [6.07, 6.45) is 7.80. The first kappa shape index (κ1) is 12.4. The summed E-state index contributed by atoms with van der Waals surface area (Å²) in [7, 11) is 0. The Labute approximate surface area is 109 Å². The number of rotatable bonds is 2. The molecule has 0 aromatic rings. The van der Waals surface area contributed by atoms with Gasteiger partial charge in [0.25, 0.3) is 0 Å². The zero-order valence-corrected chi connectivity index (χ0v) is 11.3. The molecule has 1 spiro atoms. The second kappa shape index (κ2) is 4.82. The lowest BCUT2D eigenvalue weighted by Crippen LogP contribution is -2.48. The van der Waals surface area contributed by atoms with Crippen molar-refractivity contribution in [2.24, 2.45) is 0 Å². The number of amides is 1. The third-order valence-corrected chi connectivity index (χ3v) is 4.80. The van der Waals surface area contributed by atoms with Crippen LogP contribution in [0.5, 0.6) is 0 Å². The fourth-order valence-corrected chi connectivity index (χ4v) is 3.84. The van der Waals surface area contributed by atoms with Crippen LogP contribution in [0.1, 0.15) is 51.9 Å². The Morgan fingerprint density at radius 2 is 2.17 bits per heavy atom. The molecule has 0 bridgehead atoms. The van der Waals surface area contributed by atoms with Gasteiger partial charge in [0.1, 0.15) is 0 Å². The minimum Gasteiger partial charge on any atom is -0.379 e. The van der Waals surface area contributed by atoms with E-state index in [2.05, 4.69) is 17.1 Å². The Hall–Kier alpha value is -0.610. The predicted molar refractivity (Wildman–Crippen MR) is 69.1 cm³/mol. The van der Waals surface area contributed by atoms with Crippen LogP contribution in [0.4, 0.5) is 0 Å². The van der Waals surface area contributed by atoms with Gasteiger partial charge in [-0.1, -0.05) is 19.8 Å². The maximum Gasteiger partial charge on any atom is 0.244 e. The van der Waals surface area contributed by atoms with E-state index in [1.54, 1.807) is 0 Å². The average molecular weight is 252 g/mol. The number of carbonyl (C=O) groups excluding carboxylic acids is 1. The van der Waals surface area contributed by atoms with Crippen LogP contribution >= 0.6 is 0 Å². The molecule has 2 unspecified atom stereocenters. The van der Waals surface area contributed by atoms with Gasteiger partial charge < -0.3 is 9.64 Å². The van der Waals surface area contributed by atoms with E-state index in [1.807, 2.05) is 0 Å². The molecule has 3 fully saturated rings. The topological polar surface area (TPSA) is 41.6 Å². The monoisotopic (exact) mass is 252 g/mol. The van der Waals surface area contributed by atoms with Crippen LogP contribution < -0.4 is 5.32 Å². The maximum absolute atomic E-state index is 12.8. The smallest absolute Gasteiger partial charge is 0.244 e. The molecule has 2 heterocycles. The van der Waals surface area contributed by atoms with E-state index in [0.29, 0.717) is 11.9 Å². The minimum absolute atomic E-state index is 0.224. The zero-order valence-electron chi connectivity index (χ0n) is 11.3. The Kier molecular flexibility index (Phi) is 3.32. The second-order valence-electron chi connectivity index (χ2n) is 5.94. The molecule has 102 valence electrons. The van der Waals surface area contributed by atoms with Gasteiger partial charge in [-0.3, -0.25) is 10.1 Å². The van der Waals surface area contributed by atoms with Gasteiger partial charge in [-0.25, -0.2) is 0 Å². The normalized spacial score (nSPS) is 35.6. The van der Waals surface area contributed by atoms with E-state index in [-0.39, 0.29) is 11.7 Å². The third-order valence-electron chi connectivity index (χ3n) is 4.80. The lowest BCUT2D eigenvalue weighted by atomic mass is 9.97. The molecule has 1 aliphatic carbocycles. The van der Waals surface area contributed by atoms with E-state index in [4.69, 9.17) is 4.74 Å². The van der Waals surface area contributed by atoms with Crippen molar-refractivity contribution in [3.05, 3.63) is 0 Å². The van der Waals surface area contributed by atoms with E-state index < -0.39 is 0 Å². The molecule has 2 saturated heterocycles. The van der Waals surface area contributed by atoms with Crippen LogP contribution in [0.25, 0.3) is 0 Å². The summed E-state index contributed by atoms with van der Waals surface area (Å²) in [6.45, 7) is 3.74. The van der Waals surface area contributed by atoms with Crippen LogP contribution in [0.15, 0.2) is 0 Å². The highest BCUT2D eigenvalue weighted by atomic mass is 16.5. The van der Waals surface area contributed by atoms with Crippen LogP contribution in [0.2, 0.25) is 0 Å². The molecule has 18 heavy (non-hydrogen) atoms. The van der Waals surface area contributed by atoms with Crippen molar-refractivity contribution in [2.45, 2.75) is 69.6 Å². The minimum atomic E-state index is -0.224. The number of carbonyl (C=O) groups is 1. The molecule has 0 aromatic carbocycles. The van der Waals surface area contributed by atoms with Crippen LogP contribution in [-0.4, -0.2) is 41.8 Å². The Bertz CT molecular complexity index is 320. The molecular formula is C14H24N2O2. The van der Waals surface area contributed by atoms with E-state index in [0.717, 1.165) is 45.3 Å². The Morgan fingerprint density at radius 3 is 2.78 bits per heavy atom. The maximum atomic E-state index is 12.8. The highest BCUT2D eigenvalue weighted by molar-refractivity contribution is 5.89. The molecule has 4 heteroatoms. The largest absolute Gasteiger partial charge is 0.379 e. The molecule has 1 N–H and O–H groups in total. The summed E-state index contributed by atoms with van der Waals surface area (Å²) in [5.41, 5.74) is -0.224. The van der Waals surface area contributed by atoms with Crippen molar-refractivity contribution in [1.29, 1.82) is 0 Å². The molecule has 3 rings (SSSR count). The van der Waals surface area contributed by atoms with Gasteiger partial charge in [-0.2, -0.15) is 0 Å². The number of hydrogen-bond donors (Lipinski definition) is 1. The standard InChI is InChI=1S/C14H24N2O2/c1-2-12-15-14(7-3-4-8-14)13(17)16(12)11-6-5-9-18-10-11/h11-12,15H,2-10H2,1H3. The number of nitrogens with one attached hydrogen (secondary N) is 1. The van der Waals surface area contributed by atoms with Gasteiger partial charge in [0.15, 0.2) is 0 Å². The number of hydrogen-bond acceptors (Lipinski definition) is 3. The summed E-state index contributed by atoms with van der Waals surface area (Å²) in [5, 5.41) is 3.63. The average Bonchev–Trinajstić information content (AvgIpc) is 2.98. The quantitative estimate of drug-likeness (QED) is 0.812. The van der Waals surface area contributed by atoms with Crippen molar-refractivity contribution in [1.82, 2.24) is 10.2 Å². The van der Waals surface area contributed by atoms with Crippen molar-refractivity contribution < 1.29 is 9.53 Å². The van der Waals surface area contributed by atoms with E-state index >= 15 is 0 Å². The molecule has 2 aliphatic heterocycles. The molecule has 1 saturated carbocycles. The Balaban J connectivity index is 1.80. The fraction of sp³-hybridized carbons (Fsp3) is 0.929. The summed E-state index contributed by atoms with van der Waals surface area (Å²) < 4.78 is 5.57. The lowest BCUT2D eigenvalue weighted by Gasteiger charge is -2.34. The van der Waals surface area contributed by atoms with Crippen molar-refractivity contribution in [3.8, 4) is 0 Å². The Morgan fingerprint density at radius 1 is 1.39 bits per heavy atom. The van der Waals surface area contributed by atoms with Gasteiger partial charge in [0.2, 0.25) is 5.91 Å². The first-order valence-electron chi connectivity index (χ1n) is 7.45. The summed E-state index contributed by atoms with van der Waals surface area (Å²) in [4.78, 5) is 14.9. The number of nitrogens with zero attached hydrogens (tertiary/aromatic N) is 1. The molecule has 3 aliphatic rings. The van der Waals surface area contributed by atoms with Gasteiger partial charge in [0.05, 0.1) is 24.4 Å². The summed E-state index contributed by atoms with van der Waals surface area (Å²) >= 11 is 0. The molecule has 4 nitrogen and oxygen atoms in total. The highest BCUT2D eigenvalue weighted by Crippen LogP contribution is 2.38. The summed E-state index contributed by atoms with van der Waals surface area (Å²) in [6, 6.07) is 0.295. The molecular weight excluding hydrogens is 228 g/mol. The van der Waals surface area contributed by atoms with Crippen molar-refractivity contribution in [2.75, 3.05) is 13.2 Å². The van der Waals surface area contributed by atoms with Crippen LogP contribution in [0, 0.1) is 0 Å². The summed E-state index contributed by atoms with van der Waals surface area (Å²) in [5.74, 6) is 0.349. The highest BCUT2D eigenvalue weighted by Gasteiger charge is 2.53. The van der Waals surface area contributed by atoms with Gasteiger partial charge in [-0.15, -0.1) is 0 Å². The van der Waals surface area contributed by atoms with Gasteiger partial charge >= 0.3 is 0 Å². The third kappa shape index (κ3) is 1.86. The predicted octanol–water partition coefficient (Wildman–Crippen LogP) is 1.65. The van der Waals surface area contributed by atoms with E-state index in [1.165, 1.54) is 12.8 Å². The first-order valence-corrected chi connectivity index (χ1v) is 7.45. The molecule has 0 radical (unpaired) electrons. The lowest BCUT2D eigenvalue weighted by molar-refractivity contribution is -0.138. The SMILES string of the molecule is CCC1NC2(CCCC2)C(=O)N1C1CCCOC1. The van der Waals surface area contributed by atoms with Gasteiger partial charge in [-0.05, 0) is 32.1 Å². The van der Waals surface area contributed by atoms with E-state index in [9.17, 15) is 4.79 Å². The van der Waals surface area contributed by atoms with Gasteiger partial charge in [0, 0.05) is 6.61 Å². The second-order valence-corrected chi connectivity index (χ2v) is 5.94. The molecule has 1 amide bonds. The van der Waals surface area contributed by atoms with Crippen LogP contribution in [0.3, 0.4) is 0 Å². The first-order chi connectivity index (χ1) is 8.77. The molecule has 2 atom stereocenters. The zero-order chi connectivity index (χ0) is 12.6. The molecule has 0 aromatic heterocycles. The van der Waals surface area contributed by atoms with Crippen molar-refractivity contribution >= 4 is 5.91 Å². The number of ether oxygens (including phenoxy) is 1. The van der Waals surface area contributed by atoms with Crippen molar-refractivity contribution in [3.63, 3.8) is 0 Å². The van der Waals surface area contributed by atoms with Crippen LogP contribution in [-0.2, 0) is 9.53 Å².